The van der Waals surface area contributed by atoms with E-state index in [9.17, 15) is 24.0 Å². The number of nitrogens with two attached hydrogens (primary N) is 2. The van der Waals surface area contributed by atoms with Gasteiger partial charge in [-0.25, -0.2) is 19.7 Å². The summed E-state index contributed by atoms with van der Waals surface area (Å²) in [5.74, 6) is -1.41. The number of methoxy groups -OCH3 is 1. The van der Waals surface area contributed by atoms with E-state index < -0.39 is 35.3 Å². The SMILES string of the molecule is CCc1nc(C)oc1C(=O)Nc1nc2cc(C(N)=O)cc(OC/C=C/Cn3cc(NC(=O)OC(C)(C)C)cn3)c2n1C/C=C/Cn1c(NC(=O)c2cc(C)nn2CC)nc2cc(C(N)=O)cc(OC)c21. The predicted molar refractivity (Wildman–Crippen MR) is 258 cm³/mol. The van der Waals surface area contributed by atoms with E-state index in [1.165, 1.54) is 37.6 Å². The molecule has 23 nitrogen and oxygen atoms in total. The Balaban J connectivity index is 1.21. The molecular formula is C47H54N14O9. The van der Waals surface area contributed by atoms with E-state index in [1.54, 1.807) is 89.7 Å². The molecule has 7 N–H and O–H groups in total. The van der Waals surface area contributed by atoms with Gasteiger partial charge in [-0.1, -0.05) is 25.2 Å². The molecule has 2 aromatic carbocycles. The van der Waals surface area contributed by atoms with E-state index in [0.29, 0.717) is 64.7 Å². The Hall–Kier alpha value is -8.76. The zero-order chi connectivity index (χ0) is 50.4. The summed E-state index contributed by atoms with van der Waals surface area (Å²) in [5, 5.41) is 17.1. The number of oxazole rings is 1. The van der Waals surface area contributed by atoms with Gasteiger partial charge < -0.3 is 39.2 Å². The van der Waals surface area contributed by atoms with Gasteiger partial charge in [-0.2, -0.15) is 10.2 Å². The van der Waals surface area contributed by atoms with Gasteiger partial charge in [0.05, 0.1) is 48.0 Å². The fourth-order valence-corrected chi connectivity index (χ4v) is 7.43. The summed E-state index contributed by atoms with van der Waals surface area (Å²) in [6.45, 7) is 13.5. The lowest BCUT2D eigenvalue weighted by Crippen LogP contribution is -2.27. The highest BCUT2D eigenvalue weighted by molar-refractivity contribution is 6.05. The second kappa shape index (κ2) is 20.6. The van der Waals surface area contributed by atoms with Gasteiger partial charge in [0.25, 0.3) is 11.8 Å². The molecule has 0 aliphatic heterocycles. The third-order valence-corrected chi connectivity index (χ3v) is 10.4. The number of hydrogen-bond donors (Lipinski definition) is 5. The van der Waals surface area contributed by atoms with Crippen molar-refractivity contribution in [1.29, 1.82) is 0 Å². The largest absolute Gasteiger partial charge is 0.494 e. The molecule has 23 heteroatoms. The molecule has 0 bridgehead atoms. The first-order valence-electron chi connectivity index (χ1n) is 22.2. The molecule has 0 unspecified atom stereocenters. The number of amides is 5. The van der Waals surface area contributed by atoms with Gasteiger partial charge in [-0.05, 0) is 77.4 Å². The van der Waals surface area contributed by atoms with Crippen LogP contribution >= 0.6 is 0 Å². The molecule has 0 spiro atoms. The average Bonchev–Trinajstić information content (AvgIpc) is 4.14. The van der Waals surface area contributed by atoms with Crippen molar-refractivity contribution in [3.05, 3.63) is 107 Å². The van der Waals surface area contributed by atoms with Crippen LogP contribution in [0.2, 0.25) is 0 Å². The molecular weight excluding hydrogens is 905 g/mol. The Morgan fingerprint density at radius 2 is 1.37 bits per heavy atom. The number of fused-ring (bicyclic) bond motifs is 2. The molecule has 366 valence electrons. The van der Waals surface area contributed by atoms with Crippen molar-refractivity contribution in [2.75, 3.05) is 29.7 Å². The van der Waals surface area contributed by atoms with Gasteiger partial charge in [0.1, 0.15) is 40.4 Å². The van der Waals surface area contributed by atoms with E-state index in [1.807, 2.05) is 13.8 Å². The molecule has 0 saturated carbocycles. The number of ether oxygens (including phenoxy) is 3. The van der Waals surface area contributed by atoms with Crippen molar-refractivity contribution in [3.63, 3.8) is 0 Å². The minimum absolute atomic E-state index is 0.0191. The van der Waals surface area contributed by atoms with E-state index in [0.717, 1.165) is 0 Å². The number of rotatable bonds is 19. The predicted octanol–water partition coefficient (Wildman–Crippen LogP) is 5.92. The number of carbonyl (C=O) groups excluding carboxylic acids is 5. The number of carbonyl (C=O) groups is 5. The number of anilines is 3. The number of nitrogens with zero attached hydrogens (tertiary/aromatic N) is 9. The number of hydrogen-bond acceptors (Lipinski definition) is 14. The Bertz CT molecular complexity index is 3200. The quantitative estimate of drug-likeness (QED) is 0.0589. The lowest BCUT2D eigenvalue weighted by Gasteiger charge is -2.19. The van der Waals surface area contributed by atoms with Gasteiger partial charge in [-0.3, -0.25) is 44.5 Å². The van der Waals surface area contributed by atoms with Crippen LogP contribution in [0.4, 0.5) is 22.4 Å². The van der Waals surface area contributed by atoms with Crippen molar-refractivity contribution in [3.8, 4) is 11.5 Å². The molecule has 0 aliphatic carbocycles. The molecule has 7 aromatic rings. The average molecular weight is 959 g/mol. The maximum atomic E-state index is 13.8. The van der Waals surface area contributed by atoms with E-state index in [-0.39, 0.29) is 65.5 Å². The maximum absolute atomic E-state index is 13.8. The molecule has 5 aromatic heterocycles. The maximum Gasteiger partial charge on any atom is 0.412 e. The molecule has 0 atom stereocenters. The second-order valence-corrected chi connectivity index (χ2v) is 16.8. The Morgan fingerprint density at radius 3 is 1.96 bits per heavy atom. The summed E-state index contributed by atoms with van der Waals surface area (Å²) in [5.41, 5.74) is 14.4. The summed E-state index contributed by atoms with van der Waals surface area (Å²) in [4.78, 5) is 78.4. The third kappa shape index (κ3) is 11.2. The molecule has 5 amide bonds. The Morgan fingerprint density at radius 1 is 0.771 bits per heavy atom. The number of allylic oxidation sites excluding steroid dienone is 3. The highest BCUT2D eigenvalue weighted by Crippen LogP contribution is 2.33. The van der Waals surface area contributed by atoms with E-state index in [4.69, 9.17) is 35.1 Å². The van der Waals surface area contributed by atoms with E-state index >= 15 is 0 Å². The minimum atomic E-state index is -0.732. The van der Waals surface area contributed by atoms with E-state index in [2.05, 4.69) is 36.1 Å². The van der Waals surface area contributed by atoms with Crippen LogP contribution in [0, 0.1) is 13.8 Å². The standard InChI is InChI=1S/C47H54N14O9/c1-9-31-39(69-27(4)51-31)43(65)56-45-54-33-21-29(41(49)63)23-36(68-18-14-13-15-58-25-30(24-50-58)52-46(66)70-47(5,6)7)38(33)60(45)17-12-11-16-59-37-32(20-28(40(48)62)22-35(37)67-8)53-44(59)55-42(64)34-19-26(3)57-61(34)10-2/h11-14,19-25H,9-10,15-18H2,1-8H3,(H2,48,62)(H2,49,63)(H,52,66)(H,53,55,64)(H,54,56,65)/b12-11+,14-13+. The third-order valence-electron chi connectivity index (χ3n) is 10.4. The molecule has 0 aliphatic rings. The second-order valence-electron chi connectivity index (χ2n) is 16.8. The number of nitrogens with one attached hydrogen (secondary N) is 3. The highest BCUT2D eigenvalue weighted by Gasteiger charge is 2.25. The van der Waals surface area contributed by atoms with Crippen LogP contribution in [-0.2, 0) is 37.3 Å². The van der Waals surface area contributed by atoms with Crippen LogP contribution in [0.1, 0.15) is 93.7 Å². The first-order chi connectivity index (χ1) is 33.4. The molecule has 70 heavy (non-hydrogen) atoms. The number of aromatic nitrogens is 9. The number of imidazole rings is 2. The highest BCUT2D eigenvalue weighted by atomic mass is 16.6. The fourth-order valence-electron chi connectivity index (χ4n) is 7.43. The summed E-state index contributed by atoms with van der Waals surface area (Å²) in [7, 11) is 1.44. The van der Waals surface area contributed by atoms with Gasteiger partial charge in [-0.15, -0.1) is 0 Å². The Kier molecular flexibility index (Phi) is 14.5. The van der Waals surface area contributed by atoms with Gasteiger partial charge >= 0.3 is 6.09 Å². The van der Waals surface area contributed by atoms with Crippen molar-refractivity contribution in [2.45, 2.75) is 86.7 Å². The summed E-state index contributed by atoms with van der Waals surface area (Å²) < 4.78 is 29.6. The zero-order valence-corrected chi connectivity index (χ0v) is 39.9. The number of aryl methyl sites for hydroxylation is 4. The lowest BCUT2D eigenvalue weighted by molar-refractivity contribution is 0.0635. The topological polar surface area (TPSA) is 298 Å². The van der Waals surface area contributed by atoms with Gasteiger partial charge in [0.2, 0.25) is 29.5 Å². The normalized spacial score (nSPS) is 11.8. The molecule has 5 heterocycles. The van der Waals surface area contributed by atoms with Crippen LogP contribution in [0.15, 0.2) is 71.4 Å². The fraction of sp³-hybridized carbons (Fsp3) is 0.319. The van der Waals surface area contributed by atoms with Crippen LogP contribution < -0.4 is 36.9 Å². The Labute approximate surface area is 400 Å². The zero-order valence-electron chi connectivity index (χ0n) is 39.9. The van der Waals surface area contributed by atoms with Crippen LogP contribution in [0.3, 0.4) is 0 Å². The van der Waals surface area contributed by atoms with Crippen LogP contribution in [0.5, 0.6) is 11.5 Å². The van der Waals surface area contributed by atoms with Crippen LogP contribution in [0.25, 0.3) is 22.1 Å². The minimum Gasteiger partial charge on any atom is -0.494 e. The first-order valence-corrected chi connectivity index (χ1v) is 22.2. The van der Waals surface area contributed by atoms with Crippen molar-refractivity contribution in [1.82, 2.24) is 43.6 Å². The van der Waals surface area contributed by atoms with Gasteiger partial charge in [0, 0.05) is 43.9 Å². The first kappa shape index (κ1) is 49.2. The summed E-state index contributed by atoms with van der Waals surface area (Å²) in [6.07, 6.45) is 10.1. The summed E-state index contributed by atoms with van der Waals surface area (Å²) >= 11 is 0. The van der Waals surface area contributed by atoms with Crippen molar-refractivity contribution >= 4 is 69.4 Å². The molecule has 0 radical (unpaired) electrons. The lowest BCUT2D eigenvalue weighted by atomic mass is 10.1. The van der Waals surface area contributed by atoms with Crippen molar-refractivity contribution in [2.24, 2.45) is 11.5 Å². The number of primary amides is 2. The molecule has 0 saturated heterocycles. The van der Waals surface area contributed by atoms with Crippen LogP contribution in [-0.4, -0.2) is 92.7 Å². The monoisotopic (exact) mass is 958 g/mol. The van der Waals surface area contributed by atoms with Crippen molar-refractivity contribution < 1.29 is 42.6 Å². The van der Waals surface area contributed by atoms with Gasteiger partial charge in [0.15, 0.2) is 5.89 Å². The summed E-state index contributed by atoms with van der Waals surface area (Å²) in [6, 6.07) is 7.67. The molecule has 0 fully saturated rings. The molecule has 7 rings (SSSR count). The number of benzene rings is 2. The smallest absolute Gasteiger partial charge is 0.412 e.